The molecule has 1 fully saturated rings. The lowest BCUT2D eigenvalue weighted by Gasteiger charge is -2.33. The van der Waals surface area contributed by atoms with E-state index in [1.165, 1.54) is 6.42 Å². The molecule has 0 aliphatic heterocycles. The summed E-state index contributed by atoms with van der Waals surface area (Å²) in [6, 6.07) is 0. The zero-order chi connectivity index (χ0) is 11.7. The molecular weight excluding hydrogens is 180 g/mol. The van der Waals surface area contributed by atoms with Crippen LogP contribution in [0.4, 0.5) is 0 Å². The summed E-state index contributed by atoms with van der Waals surface area (Å²) in [6.45, 7) is 17.0. The van der Waals surface area contributed by atoms with E-state index in [4.69, 9.17) is 0 Å². The average molecular weight is 210 g/mol. The molecule has 0 saturated heterocycles. The molecule has 0 heterocycles. The Balaban J connectivity index is 2.48. The maximum Gasteiger partial charge on any atom is -0.0357 e. The summed E-state index contributed by atoms with van der Waals surface area (Å²) in [6.07, 6.45) is 1.48. The third-order valence-electron chi connectivity index (χ3n) is 5.39. The van der Waals surface area contributed by atoms with Crippen LogP contribution in [0.3, 0.4) is 0 Å². The molecule has 0 N–H and O–H groups in total. The highest BCUT2D eigenvalue weighted by molar-refractivity contribution is 4.90. The molecule has 0 spiro atoms. The van der Waals surface area contributed by atoms with E-state index >= 15 is 0 Å². The van der Waals surface area contributed by atoms with Crippen LogP contribution in [0.25, 0.3) is 0 Å². The fourth-order valence-corrected chi connectivity index (χ4v) is 3.04. The Morgan fingerprint density at radius 3 is 1.60 bits per heavy atom. The molecule has 6 unspecified atom stereocenters. The normalized spacial score (nSPS) is 33.6. The van der Waals surface area contributed by atoms with Crippen molar-refractivity contribution in [3.8, 4) is 0 Å². The molecule has 1 rings (SSSR count). The minimum atomic E-state index is 0.825. The van der Waals surface area contributed by atoms with Crippen molar-refractivity contribution in [1.29, 1.82) is 0 Å². The van der Waals surface area contributed by atoms with Crippen LogP contribution in [0.1, 0.15) is 54.9 Å². The maximum atomic E-state index is 2.47. The fourth-order valence-electron chi connectivity index (χ4n) is 3.04. The Morgan fingerprint density at radius 2 is 1.27 bits per heavy atom. The van der Waals surface area contributed by atoms with Crippen LogP contribution in [0.2, 0.25) is 0 Å². The summed E-state index contributed by atoms with van der Waals surface area (Å²) in [5, 5.41) is 0. The van der Waals surface area contributed by atoms with Gasteiger partial charge in [-0.05, 0) is 47.8 Å². The Morgan fingerprint density at radius 1 is 0.800 bits per heavy atom. The van der Waals surface area contributed by atoms with E-state index in [0.717, 1.165) is 41.4 Å². The topological polar surface area (TPSA) is 0 Å². The van der Waals surface area contributed by atoms with Gasteiger partial charge in [0.25, 0.3) is 0 Å². The molecule has 0 aromatic heterocycles. The van der Waals surface area contributed by atoms with Crippen molar-refractivity contribution in [3.63, 3.8) is 0 Å². The van der Waals surface area contributed by atoms with E-state index in [2.05, 4.69) is 48.5 Å². The van der Waals surface area contributed by atoms with E-state index in [0.29, 0.717) is 0 Å². The van der Waals surface area contributed by atoms with Gasteiger partial charge in [0.1, 0.15) is 0 Å². The van der Waals surface area contributed by atoms with Crippen LogP contribution in [0.5, 0.6) is 0 Å². The molecule has 0 nitrogen and oxygen atoms in total. The first kappa shape index (κ1) is 13.1. The number of hydrogen-bond donors (Lipinski definition) is 0. The summed E-state index contributed by atoms with van der Waals surface area (Å²) in [7, 11) is 0. The van der Waals surface area contributed by atoms with Crippen molar-refractivity contribution >= 4 is 0 Å². The second-order valence-electron chi connectivity index (χ2n) is 6.56. The molecule has 15 heavy (non-hydrogen) atoms. The van der Waals surface area contributed by atoms with Crippen LogP contribution >= 0.6 is 0 Å². The lowest BCUT2D eigenvalue weighted by molar-refractivity contribution is 0.161. The van der Waals surface area contributed by atoms with Gasteiger partial charge < -0.3 is 0 Å². The van der Waals surface area contributed by atoms with Crippen LogP contribution in [-0.4, -0.2) is 0 Å². The largest absolute Gasteiger partial charge is 0.0625 e. The van der Waals surface area contributed by atoms with Crippen LogP contribution in [0.15, 0.2) is 0 Å². The third-order valence-corrected chi connectivity index (χ3v) is 5.39. The van der Waals surface area contributed by atoms with Gasteiger partial charge in [-0.2, -0.15) is 0 Å². The molecule has 0 aromatic rings. The summed E-state index contributed by atoms with van der Waals surface area (Å²) in [4.78, 5) is 0. The van der Waals surface area contributed by atoms with Crippen molar-refractivity contribution in [1.82, 2.24) is 0 Å². The average Bonchev–Trinajstić information content (AvgIpc) is 2.90. The third kappa shape index (κ3) is 2.98. The minimum absolute atomic E-state index is 0.825. The van der Waals surface area contributed by atoms with Gasteiger partial charge in [0, 0.05) is 0 Å². The fraction of sp³-hybridized carbons (Fsp3) is 1.00. The van der Waals surface area contributed by atoms with Crippen molar-refractivity contribution < 1.29 is 0 Å². The Hall–Kier alpha value is 0. The summed E-state index contributed by atoms with van der Waals surface area (Å²) in [5.74, 6) is 6.40. The standard InChI is InChI=1S/C15H30/c1-9(2)11(4)12(5)13(6)14(7)15-8-10(15)3/h9-15H,8H2,1-7H3. The first-order valence-electron chi connectivity index (χ1n) is 6.86. The molecule has 0 heteroatoms. The Kier molecular flexibility index (Phi) is 4.26. The van der Waals surface area contributed by atoms with Crippen LogP contribution < -0.4 is 0 Å². The lowest BCUT2D eigenvalue weighted by Crippen LogP contribution is -2.26. The van der Waals surface area contributed by atoms with Gasteiger partial charge in [0.05, 0.1) is 0 Å². The minimum Gasteiger partial charge on any atom is -0.0625 e. The molecule has 0 bridgehead atoms. The molecule has 1 aliphatic carbocycles. The van der Waals surface area contributed by atoms with Gasteiger partial charge >= 0.3 is 0 Å². The Labute approximate surface area is 96.8 Å². The van der Waals surface area contributed by atoms with E-state index in [1.54, 1.807) is 0 Å². The van der Waals surface area contributed by atoms with Gasteiger partial charge in [0.15, 0.2) is 0 Å². The van der Waals surface area contributed by atoms with Crippen molar-refractivity contribution in [2.75, 3.05) is 0 Å². The SMILES string of the molecule is CC(C)C(C)C(C)C(C)C(C)C1CC1C. The smallest absolute Gasteiger partial charge is 0.0357 e. The quantitative estimate of drug-likeness (QED) is 0.609. The first-order valence-corrected chi connectivity index (χ1v) is 6.86. The van der Waals surface area contributed by atoms with Crippen molar-refractivity contribution in [2.45, 2.75) is 54.9 Å². The Bertz CT molecular complexity index is 194. The van der Waals surface area contributed by atoms with E-state index < -0.39 is 0 Å². The van der Waals surface area contributed by atoms with Gasteiger partial charge in [-0.1, -0.05) is 48.5 Å². The predicted octanol–water partition coefficient (Wildman–Crippen LogP) is 4.84. The molecule has 1 aliphatic rings. The predicted molar refractivity (Wildman–Crippen MR) is 68.8 cm³/mol. The lowest BCUT2D eigenvalue weighted by atomic mass is 9.73. The maximum absolute atomic E-state index is 2.47. The second-order valence-corrected chi connectivity index (χ2v) is 6.56. The zero-order valence-electron chi connectivity index (χ0n) is 11.7. The summed E-state index contributed by atoms with van der Waals surface area (Å²) in [5.41, 5.74) is 0. The van der Waals surface area contributed by atoms with Gasteiger partial charge in [0.2, 0.25) is 0 Å². The summed E-state index contributed by atoms with van der Waals surface area (Å²) >= 11 is 0. The molecule has 0 amide bonds. The van der Waals surface area contributed by atoms with Crippen LogP contribution in [-0.2, 0) is 0 Å². The highest BCUT2D eigenvalue weighted by atomic mass is 14.5. The molecule has 90 valence electrons. The number of rotatable bonds is 5. The van der Waals surface area contributed by atoms with Gasteiger partial charge in [-0.3, -0.25) is 0 Å². The van der Waals surface area contributed by atoms with Gasteiger partial charge in [-0.25, -0.2) is 0 Å². The van der Waals surface area contributed by atoms with Gasteiger partial charge in [-0.15, -0.1) is 0 Å². The van der Waals surface area contributed by atoms with E-state index in [9.17, 15) is 0 Å². The first-order chi connectivity index (χ1) is 6.86. The molecule has 1 saturated carbocycles. The number of hydrogen-bond acceptors (Lipinski definition) is 0. The molecular formula is C15H30. The zero-order valence-corrected chi connectivity index (χ0v) is 11.7. The van der Waals surface area contributed by atoms with Crippen molar-refractivity contribution in [3.05, 3.63) is 0 Å². The molecule has 0 radical (unpaired) electrons. The highest BCUT2D eigenvalue weighted by Gasteiger charge is 2.41. The van der Waals surface area contributed by atoms with Crippen LogP contribution in [0, 0.1) is 41.4 Å². The second kappa shape index (κ2) is 4.89. The molecule has 0 aromatic carbocycles. The van der Waals surface area contributed by atoms with E-state index in [-0.39, 0.29) is 0 Å². The monoisotopic (exact) mass is 210 g/mol. The summed E-state index contributed by atoms with van der Waals surface area (Å²) < 4.78 is 0. The molecule has 6 atom stereocenters. The highest BCUT2D eigenvalue weighted by Crippen LogP contribution is 2.48. The van der Waals surface area contributed by atoms with Crippen molar-refractivity contribution in [2.24, 2.45) is 41.4 Å². The van der Waals surface area contributed by atoms with E-state index in [1.807, 2.05) is 0 Å².